The molecule has 146 valence electrons. The number of fused-ring (bicyclic) bond motifs is 1. The molecule has 6 heteroatoms. The number of benzene rings is 1. The minimum Gasteiger partial charge on any atom is -0.493 e. The Balaban J connectivity index is 1.66. The molecule has 0 spiro atoms. The number of rotatable bonds is 6. The van der Waals surface area contributed by atoms with E-state index in [1.807, 2.05) is 30.4 Å². The summed E-state index contributed by atoms with van der Waals surface area (Å²) in [5.41, 5.74) is 2.33. The number of nitrogens with zero attached hydrogens (tertiary/aromatic N) is 2. The van der Waals surface area contributed by atoms with E-state index in [-0.39, 0.29) is 6.04 Å². The highest BCUT2D eigenvalue weighted by Gasteiger charge is 2.17. The summed E-state index contributed by atoms with van der Waals surface area (Å²) in [5.74, 6) is 2.87. The number of allylic oxidation sites excluding steroid dienone is 2. The minimum absolute atomic E-state index is 0.145. The van der Waals surface area contributed by atoms with Crippen LogP contribution in [0.3, 0.4) is 0 Å². The fourth-order valence-corrected chi connectivity index (χ4v) is 4.69. The van der Waals surface area contributed by atoms with Crippen molar-refractivity contribution in [1.29, 1.82) is 0 Å². The van der Waals surface area contributed by atoms with Gasteiger partial charge in [0.05, 0.1) is 25.8 Å². The molecule has 2 heterocycles. The Morgan fingerprint density at radius 1 is 1.11 bits per heavy atom. The minimum atomic E-state index is 0.145. The molecule has 0 radical (unpaired) electrons. The normalized spacial score (nSPS) is 14.8. The van der Waals surface area contributed by atoms with Crippen LogP contribution in [-0.4, -0.2) is 24.2 Å². The van der Waals surface area contributed by atoms with Crippen molar-refractivity contribution in [3.05, 3.63) is 45.9 Å². The van der Waals surface area contributed by atoms with E-state index < -0.39 is 0 Å². The summed E-state index contributed by atoms with van der Waals surface area (Å²) in [5, 5.41) is 4.50. The summed E-state index contributed by atoms with van der Waals surface area (Å²) >= 11 is 1.86. The Labute approximate surface area is 169 Å². The Kier molecular flexibility index (Phi) is 5.22. The van der Waals surface area contributed by atoms with Gasteiger partial charge in [0.25, 0.3) is 0 Å². The maximum atomic E-state index is 5.47. The quantitative estimate of drug-likeness (QED) is 0.575. The van der Waals surface area contributed by atoms with Gasteiger partial charge in [0.1, 0.15) is 11.6 Å². The van der Waals surface area contributed by atoms with E-state index in [9.17, 15) is 0 Å². The Morgan fingerprint density at radius 3 is 2.61 bits per heavy atom. The van der Waals surface area contributed by atoms with E-state index in [1.54, 1.807) is 14.2 Å². The van der Waals surface area contributed by atoms with Gasteiger partial charge in [-0.25, -0.2) is 9.97 Å². The van der Waals surface area contributed by atoms with E-state index in [4.69, 9.17) is 9.47 Å². The van der Waals surface area contributed by atoms with Crippen LogP contribution in [-0.2, 0) is 0 Å². The van der Waals surface area contributed by atoms with E-state index >= 15 is 0 Å². The van der Waals surface area contributed by atoms with Gasteiger partial charge >= 0.3 is 0 Å². The van der Waals surface area contributed by atoms with Crippen LogP contribution in [0.5, 0.6) is 11.5 Å². The third kappa shape index (κ3) is 3.56. The summed E-state index contributed by atoms with van der Waals surface area (Å²) in [4.78, 5) is 11.9. The van der Waals surface area contributed by atoms with Crippen LogP contribution >= 0.6 is 11.3 Å². The van der Waals surface area contributed by atoms with Crippen LogP contribution in [0.15, 0.2) is 30.3 Å². The number of methoxy groups -OCH3 is 2. The highest BCUT2D eigenvalue weighted by atomic mass is 32.1. The molecule has 3 aromatic rings. The Morgan fingerprint density at radius 2 is 1.89 bits per heavy atom. The molecular weight excluding hydrogens is 370 g/mol. The highest BCUT2D eigenvalue weighted by Crippen LogP contribution is 2.37. The van der Waals surface area contributed by atoms with Crippen molar-refractivity contribution in [2.45, 2.75) is 39.2 Å². The summed E-state index contributed by atoms with van der Waals surface area (Å²) in [6.07, 6.45) is 6.04. The third-order valence-corrected chi connectivity index (χ3v) is 6.42. The topological polar surface area (TPSA) is 56.3 Å². The second-order valence-electron chi connectivity index (χ2n) is 7.03. The molecule has 0 bridgehead atoms. The summed E-state index contributed by atoms with van der Waals surface area (Å²) in [6, 6.07) is 8.44. The maximum Gasteiger partial charge on any atom is 0.162 e. The number of nitrogens with one attached hydrogen (secondary N) is 1. The van der Waals surface area contributed by atoms with Crippen LogP contribution in [0.25, 0.3) is 16.5 Å². The molecule has 0 fully saturated rings. The van der Waals surface area contributed by atoms with Gasteiger partial charge in [-0.2, -0.15) is 0 Å². The van der Waals surface area contributed by atoms with Crippen molar-refractivity contribution in [2.75, 3.05) is 19.5 Å². The van der Waals surface area contributed by atoms with Gasteiger partial charge in [0, 0.05) is 21.2 Å². The number of thiophene rings is 1. The first-order chi connectivity index (χ1) is 13.6. The van der Waals surface area contributed by atoms with E-state index in [1.165, 1.54) is 34.6 Å². The lowest BCUT2D eigenvalue weighted by Gasteiger charge is -2.16. The second-order valence-corrected chi connectivity index (χ2v) is 8.15. The third-order valence-electron chi connectivity index (χ3n) is 5.08. The van der Waals surface area contributed by atoms with E-state index in [2.05, 4.69) is 40.4 Å². The summed E-state index contributed by atoms with van der Waals surface area (Å²) in [7, 11) is 3.27. The molecule has 1 atom stereocenters. The molecule has 0 amide bonds. The first-order valence-corrected chi connectivity index (χ1v) is 10.4. The van der Waals surface area contributed by atoms with Crippen LogP contribution in [0.2, 0.25) is 0 Å². The monoisotopic (exact) mass is 395 g/mol. The molecule has 4 rings (SSSR count). The summed E-state index contributed by atoms with van der Waals surface area (Å²) in [6.45, 7) is 4.07. The molecule has 0 aliphatic heterocycles. The molecular formula is C22H25N3O2S. The first kappa shape index (κ1) is 18.7. The average Bonchev–Trinajstić information content (AvgIpc) is 3.38. The number of aryl methyl sites for hydroxylation is 1. The molecule has 0 saturated heterocycles. The lowest BCUT2D eigenvalue weighted by Crippen LogP contribution is -2.08. The SMILES string of the molecule is COc1cc2nc(C)nc(NC(C)c3ccc(C4=CCCC4)s3)c2cc1OC. The van der Waals surface area contributed by atoms with Crippen molar-refractivity contribution in [1.82, 2.24) is 9.97 Å². The van der Waals surface area contributed by atoms with Crippen molar-refractivity contribution in [3.63, 3.8) is 0 Å². The Hall–Kier alpha value is -2.60. The van der Waals surface area contributed by atoms with Gasteiger partial charge in [0.2, 0.25) is 0 Å². The van der Waals surface area contributed by atoms with Gasteiger partial charge in [-0.05, 0) is 56.9 Å². The number of hydrogen-bond acceptors (Lipinski definition) is 6. The molecule has 1 aliphatic rings. The molecule has 1 unspecified atom stereocenters. The van der Waals surface area contributed by atoms with Crippen LogP contribution in [0, 0.1) is 6.92 Å². The molecule has 2 aromatic heterocycles. The molecule has 1 aliphatic carbocycles. The second kappa shape index (κ2) is 7.80. The number of aromatic nitrogens is 2. The maximum absolute atomic E-state index is 5.47. The van der Waals surface area contributed by atoms with Crippen molar-refractivity contribution < 1.29 is 9.47 Å². The molecule has 5 nitrogen and oxygen atoms in total. The highest BCUT2D eigenvalue weighted by molar-refractivity contribution is 7.13. The van der Waals surface area contributed by atoms with E-state index in [0.29, 0.717) is 11.5 Å². The van der Waals surface area contributed by atoms with Crippen LogP contribution < -0.4 is 14.8 Å². The molecule has 28 heavy (non-hydrogen) atoms. The van der Waals surface area contributed by atoms with Crippen LogP contribution in [0.1, 0.15) is 47.8 Å². The zero-order valence-corrected chi connectivity index (χ0v) is 17.5. The molecule has 0 saturated carbocycles. The van der Waals surface area contributed by atoms with Gasteiger partial charge in [-0.3, -0.25) is 0 Å². The first-order valence-electron chi connectivity index (χ1n) is 9.55. The molecule has 1 aromatic carbocycles. The number of hydrogen-bond donors (Lipinski definition) is 1. The zero-order chi connectivity index (χ0) is 19.7. The average molecular weight is 396 g/mol. The van der Waals surface area contributed by atoms with Gasteiger partial charge < -0.3 is 14.8 Å². The standard InChI is InChI=1S/C22H25N3O2S/c1-13(20-9-10-21(28-20)15-7-5-6-8-15)23-22-16-11-18(26-3)19(27-4)12-17(16)24-14(2)25-22/h7,9-13H,5-6,8H2,1-4H3,(H,23,24,25). The van der Waals surface area contributed by atoms with Gasteiger partial charge in [-0.15, -0.1) is 11.3 Å². The lowest BCUT2D eigenvalue weighted by atomic mass is 10.1. The van der Waals surface area contributed by atoms with Gasteiger partial charge in [-0.1, -0.05) is 6.08 Å². The Bertz CT molecular complexity index is 1040. The lowest BCUT2D eigenvalue weighted by molar-refractivity contribution is 0.356. The fourth-order valence-electron chi connectivity index (χ4n) is 3.61. The molecule has 1 N–H and O–H groups in total. The fraction of sp³-hybridized carbons (Fsp3) is 0.364. The smallest absolute Gasteiger partial charge is 0.162 e. The predicted octanol–water partition coefficient (Wildman–Crippen LogP) is 5.76. The largest absolute Gasteiger partial charge is 0.493 e. The summed E-state index contributed by atoms with van der Waals surface area (Å²) < 4.78 is 10.9. The van der Waals surface area contributed by atoms with Crippen molar-refractivity contribution in [2.24, 2.45) is 0 Å². The van der Waals surface area contributed by atoms with Crippen molar-refractivity contribution >= 4 is 33.6 Å². The zero-order valence-electron chi connectivity index (χ0n) is 16.7. The van der Waals surface area contributed by atoms with Crippen LogP contribution in [0.4, 0.5) is 5.82 Å². The number of anilines is 1. The van der Waals surface area contributed by atoms with E-state index in [0.717, 1.165) is 22.5 Å². The predicted molar refractivity (Wildman–Crippen MR) is 116 cm³/mol. The number of ether oxygens (including phenoxy) is 2. The van der Waals surface area contributed by atoms with Gasteiger partial charge in [0.15, 0.2) is 11.5 Å². The van der Waals surface area contributed by atoms with Crippen molar-refractivity contribution in [3.8, 4) is 11.5 Å².